The van der Waals surface area contributed by atoms with Gasteiger partial charge in [-0.05, 0) is 56.2 Å². The quantitative estimate of drug-likeness (QED) is 0.852. The summed E-state index contributed by atoms with van der Waals surface area (Å²) in [5.41, 5.74) is 3.28. The SMILES string of the molecule is CC(C)(C)CC(C)(C)NCc1ccc(N2CCCC2)cc1. The van der Waals surface area contributed by atoms with Gasteiger partial charge in [-0.15, -0.1) is 0 Å². The molecule has 0 amide bonds. The van der Waals surface area contributed by atoms with E-state index in [0.717, 1.165) is 6.54 Å². The van der Waals surface area contributed by atoms with Crippen LogP contribution in [0.2, 0.25) is 0 Å². The predicted octanol–water partition coefficient (Wildman–Crippen LogP) is 4.59. The molecular weight excluding hydrogens is 256 g/mol. The number of hydrogen-bond donors (Lipinski definition) is 1. The molecule has 1 aliphatic rings. The molecule has 1 aromatic rings. The first-order chi connectivity index (χ1) is 9.75. The third-order valence-electron chi connectivity index (χ3n) is 4.15. The zero-order chi connectivity index (χ0) is 15.5. The lowest BCUT2D eigenvalue weighted by Gasteiger charge is -2.33. The summed E-state index contributed by atoms with van der Waals surface area (Å²) >= 11 is 0. The summed E-state index contributed by atoms with van der Waals surface area (Å²) < 4.78 is 0. The van der Waals surface area contributed by atoms with Crippen molar-refractivity contribution in [1.82, 2.24) is 5.32 Å². The minimum Gasteiger partial charge on any atom is -0.372 e. The third-order valence-corrected chi connectivity index (χ3v) is 4.15. The van der Waals surface area contributed by atoms with Gasteiger partial charge in [0.2, 0.25) is 0 Å². The second-order valence-electron chi connectivity index (χ2n) is 8.34. The second-order valence-corrected chi connectivity index (χ2v) is 8.34. The van der Waals surface area contributed by atoms with Crippen LogP contribution in [-0.4, -0.2) is 18.6 Å². The Morgan fingerprint density at radius 3 is 2.05 bits per heavy atom. The maximum Gasteiger partial charge on any atom is 0.0366 e. The fraction of sp³-hybridized carbons (Fsp3) is 0.684. The van der Waals surface area contributed by atoms with E-state index in [2.05, 4.69) is 69.1 Å². The van der Waals surface area contributed by atoms with Crippen molar-refractivity contribution in [2.24, 2.45) is 5.41 Å². The summed E-state index contributed by atoms with van der Waals surface area (Å²) in [4.78, 5) is 2.49. The Kier molecular flexibility index (Phi) is 4.98. The molecule has 21 heavy (non-hydrogen) atoms. The van der Waals surface area contributed by atoms with Crippen molar-refractivity contribution in [3.8, 4) is 0 Å². The van der Waals surface area contributed by atoms with Gasteiger partial charge in [0.25, 0.3) is 0 Å². The molecule has 0 radical (unpaired) electrons. The number of hydrogen-bond acceptors (Lipinski definition) is 2. The summed E-state index contributed by atoms with van der Waals surface area (Å²) in [6.07, 6.45) is 3.85. The van der Waals surface area contributed by atoms with E-state index in [9.17, 15) is 0 Å². The van der Waals surface area contributed by atoms with Crippen molar-refractivity contribution in [3.05, 3.63) is 29.8 Å². The Labute approximate surface area is 130 Å². The van der Waals surface area contributed by atoms with Crippen molar-refractivity contribution in [2.45, 2.75) is 66.0 Å². The minimum atomic E-state index is 0.172. The fourth-order valence-electron chi connectivity index (χ4n) is 3.53. The Morgan fingerprint density at radius 1 is 0.952 bits per heavy atom. The minimum absolute atomic E-state index is 0.172. The van der Waals surface area contributed by atoms with E-state index in [1.165, 1.54) is 43.6 Å². The molecule has 2 heteroatoms. The lowest BCUT2D eigenvalue weighted by molar-refractivity contribution is 0.241. The summed E-state index contributed by atoms with van der Waals surface area (Å²) in [5, 5.41) is 3.71. The van der Waals surface area contributed by atoms with E-state index in [0.29, 0.717) is 5.41 Å². The molecule has 0 bridgehead atoms. The molecule has 2 nitrogen and oxygen atoms in total. The van der Waals surface area contributed by atoms with E-state index < -0.39 is 0 Å². The van der Waals surface area contributed by atoms with E-state index in [-0.39, 0.29) is 5.54 Å². The van der Waals surface area contributed by atoms with Crippen LogP contribution in [0.5, 0.6) is 0 Å². The standard InChI is InChI=1S/C19H32N2/c1-18(2,3)15-19(4,5)20-14-16-8-10-17(11-9-16)21-12-6-7-13-21/h8-11,20H,6-7,12-15H2,1-5H3. The first kappa shape index (κ1) is 16.4. The average Bonchev–Trinajstić information content (AvgIpc) is 2.88. The summed E-state index contributed by atoms with van der Waals surface area (Å²) in [6.45, 7) is 14.9. The highest BCUT2D eigenvalue weighted by atomic mass is 15.1. The fourth-order valence-corrected chi connectivity index (χ4v) is 3.53. The van der Waals surface area contributed by atoms with Crippen molar-refractivity contribution in [3.63, 3.8) is 0 Å². The van der Waals surface area contributed by atoms with Crippen LogP contribution in [0.15, 0.2) is 24.3 Å². The first-order valence-corrected chi connectivity index (χ1v) is 8.34. The molecule has 0 aliphatic carbocycles. The predicted molar refractivity (Wildman–Crippen MR) is 92.9 cm³/mol. The summed E-state index contributed by atoms with van der Waals surface area (Å²) in [7, 11) is 0. The lowest BCUT2D eigenvalue weighted by atomic mass is 9.82. The normalized spacial score (nSPS) is 16.5. The van der Waals surface area contributed by atoms with Gasteiger partial charge in [-0.3, -0.25) is 0 Å². The van der Waals surface area contributed by atoms with Crippen LogP contribution in [0.3, 0.4) is 0 Å². The molecule has 2 rings (SSSR count). The molecule has 1 aromatic carbocycles. The number of anilines is 1. The van der Waals surface area contributed by atoms with Gasteiger partial charge in [0, 0.05) is 30.9 Å². The molecule has 0 spiro atoms. The molecule has 0 aromatic heterocycles. The van der Waals surface area contributed by atoms with E-state index in [1.807, 2.05) is 0 Å². The van der Waals surface area contributed by atoms with Gasteiger partial charge < -0.3 is 10.2 Å². The van der Waals surface area contributed by atoms with E-state index in [4.69, 9.17) is 0 Å². The number of rotatable bonds is 5. The molecule has 0 saturated carbocycles. The maximum absolute atomic E-state index is 3.71. The van der Waals surface area contributed by atoms with Gasteiger partial charge in [-0.1, -0.05) is 32.9 Å². The highest BCUT2D eigenvalue weighted by Gasteiger charge is 2.24. The van der Waals surface area contributed by atoms with Crippen LogP contribution in [0.1, 0.15) is 59.4 Å². The summed E-state index contributed by atoms with van der Waals surface area (Å²) in [5.74, 6) is 0. The van der Waals surface area contributed by atoms with Crippen LogP contribution >= 0.6 is 0 Å². The van der Waals surface area contributed by atoms with Crippen LogP contribution < -0.4 is 10.2 Å². The Morgan fingerprint density at radius 2 is 1.52 bits per heavy atom. The van der Waals surface area contributed by atoms with Crippen molar-refractivity contribution >= 4 is 5.69 Å². The molecule has 1 heterocycles. The third kappa shape index (κ3) is 5.35. The first-order valence-electron chi connectivity index (χ1n) is 8.34. The van der Waals surface area contributed by atoms with Crippen molar-refractivity contribution in [1.29, 1.82) is 0 Å². The van der Waals surface area contributed by atoms with Crippen LogP contribution in [-0.2, 0) is 6.54 Å². The largest absolute Gasteiger partial charge is 0.372 e. The van der Waals surface area contributed by atoms with Gasteiger partial charge in [-0.25, -0.2) is 0 Å². The molecule has 1 fully saturated rings. The Bertz CT molecular complexity index is 434. The topological polar surface area (TPSA) is 15.3 Å². The Balaban J connectivity index is 1.88. The average molecular weight is 288 g/mol. The highest BCUT2D eigenvalue weighted by Crippen LogP contribution is 2.27. The van der Waals surface area contributed by atoms with Crippen LogP contribution in [0.25, 0.3) is 0 Å². The molecule has 1 aliphatic heterocycles. The molecule has 1 N–H and O–H groups in total. The number of benzene rings is 1. The second kappa shape index (κ2) is 6.39. The molecular formula is C19H32N2. The van der Waals surface area contributed by atoms with Gasteiger partial charge >= 0.3 is 0 Å². The molecule has 1 saturated heterocycles. The van der Waals surface area contributed by atoms with Gasteiger partial charge in [0.1, 0.15) is 0 Å². The molecule has 0 atom stereocenters. The highest BCUT2D eigenvalue weighted by molar-refractivity contribution is 5.48. The number of nitrogens with one attached hydrogen (secondary N) is 1. The lowest BCUT2D eigenvalue weighted by Crippen LogP contribution is -2.41. The summed E-state index contributed by atoms with van der Waals surface area (Å²) in [6, 6.07) is 9.10. The zero-order valence-corrected chi connectivity index (χ0v) is 14.5. The van der Waals surface area contributed by atoms with Crippen molar-refractivity contribution in [2.75, 3.05) is 18.0 Å². The van der Waals surface area contributed by atoms with Crippen molar-refractivity contribution < 1.29 is 0 Å². The van der Waals surface area contributed by atoms with Gasteiger partial charge in [0.05, 0.1) is 0 Å². The van der Waals surface area contributed by atoms with Crippen LogP contribution in [0, 0.1) is 5.41 Å². The molecule has 0 unspecified atom stereocenters. The van der Waals surface area contributed by atoms with Gasteiger partial charge in [-0.2, -0.15) is 0 Å². The number of nitrogens with zero attached hydrogens (tertiary/aromatic N) is 1. The smallest absolute Gasteiger partial charge is 0.0366 e. The Hall–Kier alpha value is -1.02. The maximum atomic E-state index is 3.71. The van der Waals surface area contributed by atoms with Crippen LogP contribution in [0.4, 0.5) is 5.69 Å². The van der Waals surface area contributed by atoms with E-state index >= 15 is 0 Å². The van der Waals surface area contributed by atoms with E-state index in [1.54, 1.807) is 0 Å². The molecule has 118 valence electrons. The monoisotopic (exact) mass is 288 g/mol. The zero-order valence-electron chi connectivity index (χ0n) is 14.5. The van der Waals surface area contributed by atoms with Gasteiger partial charge in [0.15, 0.2) is 0 Å².